The van der Waals surface area contributed by atoms with E-state index in [2.05, 4.69) is 30.5 Å². The molecule has 3 aromatic carbocycles. The molecule has 4 heteroatoms. The standard InChI is InChI=1S/C23H21FN2O/c1-14(2)15-10-11-17-21(12-15)26(13-16-6-3-4-8-19(16)24)20-9-5-7-18(22(17)20)23(25)27/h3-12,14H,13H2,1-2H3,(H2,25,27). The number of hydrogen-bond acceptors (Lipinski definition) is 1. The quantitative estimate of drug-likeness (QED) is 0.534. The predicted octanol–water partition coefficient (Wildman–Crippen LogP) is 5.20. The van der Waals surface area contributed by atoms with E-state index < -0.39 is 5.91 Å². The monoisotopic (exact) mass is 360 g/mol. The number of benzene rings is 3. The van der Waals surface area contributed by atoms with Crippen LogP contribution in [0.5, 0.6) is 0 Å². The highest BCUT2D eigenvalue weighted by Crippen LogP contribution is 2.34. The Bertz CT molecular complexity index is 1170. The number of aromatic nitrogens is 1. The van der Waals surface area contributed by atoms with E-state index in [1.165, 1.54) is 11.6 Å². The van der Waals surface area contributed by atoms with Gasteiger partial charge < -0.3 is 10.3 Å². The number of rotatable bonds is 4. The van der Waals surface area contributed by atoms with Gasteiger partial charge in [0.25, 0.3) is 0 Å². The minimum Gasteiger partial charge on any atom is -0.366 e. The lowest BCUT2D eigenvalue weighted by atomic mass is 10.00. The second-order valence-corrected chi connectivity index (χ2v) is 7.17. The minimum atomic E-state index is -0.460. The van der Waals surface area contributed by atoms with Crippen molar-refractivity contribution in [1.82, 2.24) is 4.57 Å². The summed E-state index contributed by atoms with van der Waals surface area (Å²) in [6.45, 7) is 4.66. The summed E-state index contributed by atoms with van der Waals surface area (Å²) in [5, 5.41) is 1.78. The Morgan fingerprint density at radius 1 is 1.04 bits per heavy atom. The summed E-state index contributed by atoms with van der Waals surface area (Å²) in [6.07, 6.45) is 0. The fourth-order valence-electron chi connectivity index (χ4n) is 3.69. The third-order valence-corrected chi connectivity index (χ3v) is 5.13. The number of carbonyl (C=O) groups is 1. The van der Waals surface area contributed by atoms with Gasteiger partial charge >= 0.3 is 0 Å². The van der Waals surface area contributed by atoms with Gasteiger partial charge in [-0.3, -0.25) is 4.79 Å². The number of nitrogens with zero attached hydrogens (tertiary/aromatic N) is 1. The minimum absolute atomic E-state index is 0.237. The fraction of sp³-hybridized carbons (Fsp3) is 0.174. The van der Waals surface area contributed by atoms with Crippen LogP contribution >= 0.6 is 0 Å². The number of hydrogen-bond donors (Lipinski definition) is 1. The highest BCUT2D eigenvalue weighted by molar-refractivity contribution is 6.18. The van der Waals surface area contributed by atoms with E-state index in [9.17, 15) is 9.18 Å². The molecule has 0 unspecified atom stereocenters. The molecule has 0 saturated heterocycles. The summed E-state index contributed by atoms with van der Waals surface area (Å²) in [7, 11) is 0. The number of halogens is 1. The maximum absolute atomic E-state index is 14.3. The Morgan fingerprint density at radius 2 is 1.81 bits per heavy atom. The Balaban J connectivity index is 2.07. The van der Waals surface area contributed by atoms with Crippen LogP contribution in [0, 0.1) is 5.82 Å². The maximum atomic E-state index is 14.3. The molecule has 0 aliphatic rings. The molecule has 0 aliphatic carbocycles. The molecule has 0 aliphatic heterocycles. The van der Waals surface area contributed by atoms with Crippen molar-refractivity contribution in [3.63, 3.8) is 0 Å². The highest BCUT2D eigenvalue weighted by atomic mass is 19.1. The van der Waals surface area contributed by atoms with Gasteiger partial charge in [-0.15, -0.1) is 0 Å². The molecule has 1 amide bonds. The molecule has 0 spiro atoms. The first-order valence-corrected chi connectivity index (χ1v) is 9.05. The van der Waals surface area contributed by atoms with Crippen molar-refractivity contribution < 1.29 is 9.18 Å². The van der Waals surface area contributed by atoms with Crippen LogP contribution in [0.25, 0.3) is 21.8 Å². The number of fused-ring (bicyclic) bond motifs is 3. The third kappa shape index (κ3) is 2.87. The molecule has 0 atom stereocenters. The van der Waals surface area contributed by atoms with Crippen LogP contribution in [0.3, 0.4) is 0 Å². The first-order chi connectivity index (χ1) is 13.0. The van der Waals surface area contributed by atoms with Crippen LogP contribution in [0.2, 0.25) is 0 Å². The van der Waals surface area contributed by atoms with E-state index in [4.69, 9.17) is 5.73 Å². The lowest BCUT2D eigenvalue weighted by molar-refractivity contribution is 0.100. The van der Waals surface area contributed by atoms with Crippen molar-refractivity contribution in [3.8, 4) is 0 Å². The van der Waals surface area contributed by atoms with Crippen LogP contribution < -0.4 is 5.73 Å². The van der Waals surface area contributed by atoms with E-state index in [1.54, 1.807) is 18.2 Å². The lowest BCUT2D eigenvalue weighted by Gasteiger charge is -2.11. The second-order valence-electron chi connectivity index (χ2n) is 7.17. The fourth-order valence-corrected chi connectivity index (χ4v) is 3.69. The number of primary amides is 1. The van der Waals surface area contributed by atoms with Gasteiger partial charge in [0.05, 0.1) is 12.1 Å². The third-order valence-electron chi connectivity index (χ3n) is 5.13. The van der Waals surface area contributed by atoms with Gasteiger partial charge in [-0.25, -0.2) is 4.39 Å². The maximum Gasteiger partial charge on any atom is 0.249 e. The average Bonchev–Trinajstić information content (AvgIpc) is 2.96. The van der Waals surface area contributed by atoms with E-state index in [1.807, 2.05) is 24.3 Å². The summed E-state index contributed by atoms with van der Waals surface area (Å²) in [4.78, 5) is 12.0. The van der Waals surface area contributed by atoms with E-state index in [0.29, 0.717) is 23.6 Å². The molecule has 136 valence electrons. The normalized spacial score (nSPS) is 11.6. The van der Waals surface area contributed by atoms with Crippen LogP contribution in [0.15, 0.2) is 60.7 Å². The molecule has 0 saturated carbocycles. The van der Waals surface area contributed by atoms with Gasteiger partial charge in [0.1, 0.15) is 5.82 Å². The van der Waals surface area contributed by atoms with E-state index in [0.717, 1.165) is 21.8 Å². The first-order valence-electron chi connectivity index (χ1n) is 9.05. The van der Waals surface area contributed by atoms with E-state index >= 15 is 0 Å². The van der Waals surface area contributed by atoms with Crippen LogP contribution in [-0.4, -0.2) is 10.5 Å². The molecule has 27 heavy (non-hydrogen) atoms. The summed E-state index contributed by atoms with van der Waals surface area (Å²) >= 11 is 0. The van der Waals surface area contributed by atoms with Gasteiger partial charge in [-0.05, 0) is 35.7 Å². The predicted molar refractivity (Wildman–Crippen MR) is 108 cm³/mol. The van der Waals surface area contributed by atoms with Gasteiger partial charge in [0.15, 0.2) is 0 Å². The molecule has 1 aromatic heterocycles. The second kappa shape index (κ2) is 6.54. The van der Waals surface area contributed by atoms with Crippen molar-refractivity contribution in [1.29, 1.82) is 0 Å². The zero-order valence-electron chi connectivity index (χ0n) is 15.4. The molecule has 0 bridgehead atoms. The molecule has 4 rings (SSSR count). The summed E-state index contributed by atoms with van der Waals surface area (Å²) < 4.78 is 16.4. The largest absolute Gasteiger partial charge is 0.366 e. The van der Waals surface area contributed by atoms with Crippen molar-refractivity contribution in [3.05, 3.63) is 83.2 Å². The van der Waals surface area contributed by atoms with Gasteiger partial charge in [0, 0.05) is 27.4 Å². The number of carbonyl (C=O) groups excluding carboxylic acids is 1. The van der Waals surface area contributed by atoms with Crippen molar-refractivity contribution >= 4 is 27.7 Å². The number of nitrogens with two attached hydrogens (primary N) is 1. The Hall–Kier alpha value is -3.14. The topological polar surface area (TPSA) is 48.0 Å². The van der Waals surface area contributed by atoms with Crippen LogP contribution in [0.1, 0.15) is 41.3 Å². The molecule has 3 nitrogen and oxygen atoms in total. The Morgan fingerprint density at radius 3 is 2.52 bits per heavy atom. The molecule has 1 heterocycles. The van der Waals surface area contributed by atoms with Crippen molar-refractivity contribution in [2.24, 2.45) is 5.73 Å². The van der Waals surface area contributed by atoms with Gasteiger partial charge in [-0.2, -0.15) is 0 Å². The highest BCUT2D eigenvalue weighted by Gasteiger charge is 2.18. The lowest BCUT2D eigenvalue weighted by Crippen LogP contribution is -2.11. The van der Waals surface area contributed by atoms with Crippen molar-refractivity contribution in [2.75, 3.05) is 0 Å². The molecular weight excluding hydrogens is 339 g/mol. The Labute approximate surface area is 157 Å². The van der Waals surface area contributed by atoms with E-state index in [-0.39, 0.29) is 5.82 Å². The zero-order chi connectivity index (χ0) is 19.1. The average molecular weight is 360 g/mol. The molecule has 2 N–H and O–H groups in total. The molecular formula is C23H21FN2O. The van der Waals surface area contributed by atoms with Gasteiger partial charge in [-0.1, -0.05) is 50.2 Å². The SMILES string of the molecule is CC(C)c1ccc2c3c(C(N)=O)cccc3n(Cc3ccccc3F)c2c1. The summed E-state index contributed by atoms with van der Waals surface area (Å²) in [5.74, 6) is -0.331. The molecule has 0 radical (unpaired) electrons. The first kappa shape index (κ1) is 17.3. The number of amides is 1. The van der Waals surface area contributed by atoms with Crippen LogP contribution in [0.4, 0.5) is 4.39 Å². The zero-order valence-corrected chi connectivity index (χ0v) is 15.4. The van der Waals surface area contributed by atoms with Crippen LogP contribution in [-0.2, 0) is 6.54 Å². The Kier molecular flexibility index (Phi) is 4.19. The molecule has 4 aromatic rings. The van der Waals surface area contributed by atoms with Gasteiger partial charge in [0.2, 0.25) is 5.91 Å². The summed E-state index contributed by atoms with van der Waals surface area (Å²) in [6, 6.07) is 18.6. The smallest absolute Gasteiger partial charge is 0.249 e. The molecule has 0 fully saturated rings. The van der Waals surface area contributed by atoms with Crippen molar-refractivity contribution in [2.45, 2.75) is 26.3 Å². The summed E-state index contributed by atoms with van der Waals surface area (Å²) in [5.41, 5.74) is 9.78.